The van der Waals surface area contributed by atoms with Gasteiger partial charge in [-0.1, -0.05) is 19.8 Å². The van der Waals surface area contributed by atoms with Gasteiger partial charge in [-0.3, -0.25) is 4.79 Å². The Morgan fingerprint density at radius 1 is 1.43 bits per heavy atom. The normalized spacial score (nSPS) is 29.6. The highest BCUT2D eigenvalue weighted by molar-refractivity contribution is 5.75. The SMILES string of the molecule is COC(=O)[C@H](C)NC1CCCCC1C. The lowest BCUT2D eigenvalue weighted by atomic mass is 9.85. The molecule has 3 heteroatoms. The standard InChI is InChI=1S/C11H21NO2/c1-8-6-4-5-7-10(8)12-9(2)11(13)14-3/h8-10,12H,4-7H2,1-3H3/t8?,9-,10?/m0/s1. The molecule has 0 aromatic heterocycles. The predicted octanol–water partition coefficient (Wildman–Crippen LogP) is 1.72. The second-order valence-corrected chi connectivity index (χ2v) is 4.28. The Labute approximate surface area is 86.2 Å². The minimum atomic E-state index is -0.175. The molecule has 0 bridgehead atoms. The predicted molar refractivity (Wildman–Crippen MR) is 56.0 cm³/mol. The molecule has 14 heavy (non-hydrogen) atoms. The average molecular weight is 199 g/mol. The van der Waals surface area contributed by atoms with E-state index in [2.05, 4.69) is 17.0 Å². The molecule has 3 atom stereocenters. The number of rotatable bonds is 3. The van der Waals surface area contributed by atoms with Crippen LogP contribution in [-0.2, 0) is 9.53 Å². The molecule has 2 unspecified atom stereocenters. The van der Waals surface area contributed by atoms with E-state index >= 15 is 0 Å². The molecule has 0 radical (unpaired) electrons. The zero-order valence-electron chi connectivity index (χ0n) is 9.38. The van der Waals surface area contributed by atoms with Crippen molar-refractivity contribution in [1.82, 2.24) is 5.32 Å². The third-order valence-corrected chi connectivity index (χ3v) is 3.13. The molecule has 0 amide bonds. The van der Waals surface area contributed by atoms with Crippen molar-refractivity contribution in [3.8, 4) is 0 Å². The first-order valence-electron chi connectivity index (χ1n) is 5.49. The zero-order valence-corrected chi connectivity index (χ0v) is 9.38. The van der Waals surface area contributed by atoms with Crippen LogP contribution in [0.15, 0.2) is 0 Å². The van der Waals surface area contributed by atoms with Gasteiger partial charge in [0.1, 0.15) is 6.04 Å². The summed E-state index contributed by atoms with van der Waals surface area (Å²) in [5, 5.41) is 3.34. The fourth-order valence-electron chi connectivity index (χ4n) is 2.13. The van der Waals surface area contributed by atoms with Crippen LogP contribution in [0.25, 0.3) is 0 Å². The molecule has 0 spiro atoms. The molecule has 0 saturated heterocycles. The molecule has 1 rings (SSSR count). The molecule has 1 aliphatic carbocycles. The van der Waals surface area contributed by atoms with Crippen molar-refractivity contribution in [1.29, 1.82) is 0 Å². The lowest BCUT2D eigenvalue weighted by Crippen LogP contribution is -2.46. The van der Waals surface area contributed by atoms with Gasteiger partial charge in [0.2, 0.25) is 0 Å². The minimum Gasteiger partial charge on any atom is -0.468 e. The second kappa shape index (κ2) is 5.35. The van der Waals surface area contributed by atoms with E-state index in [-0.39, 0.29) is 12.0 Å². The van der Waals surface area contributed by atoms with Crippen LogP contribution in [0, 0.1) is 5.92 Å². The van der Waals surface area contributed by atoms with E-state index in [9.17, 15) is 4.79 Å². The fourth-order valence-corrected chi connectivity index (χ4v) is 2.13. The van der Waals surface area contributed by atoms with Crippen LogP contribution in [0.3, 0.4) is 0 Å². The molecular weight excluding hydrogens is 178 g/mol. The van der Waals surface area contributed by atoms with E-state index in [1.54, 1.807) is 0 Å². The molecular formula is C11H21NO2. The van der Waals surface area contributed by atoms with Crippen molar-refractivity contribution < 1.29 is 9.53 Å². The van der Waals surface area contributed by atoms with E-state index in [1.807, 2.05) is 6.92 Å². The molecule has 1 saturated carbocycles. The maximum atomic E-state index is 11.2. The second-order valence-electron chi connectivity index (χ2n) is 4.28. The third-order valence-electron chi connectivity index (χ3n) is 3.13. The van der Waals surface area contributed by atoms with Crippen molar-refractivity contribution in [2.45, 2.75) is 51.6 Å². The summed E-state index contributed by atoms with van der Waals surface area (Å²) in [6.07, 6.45) is 5.05. The lowest BCUT2D eigenvalue weighted by molar-refractivity contribution is -0.143. The Balaban J connectivity index is 2.38. The topological polar surface area (TPSA) is 38.3 Å². The van der Waals surface area contributed by atoms with Crippen LogP contribution in [0.5, 0.6) is 0 Å². The molecule has 1 N–H and O–H groups in total. The van der Waals surface area contributed by atoms with Crippen molar-refractivity contribution in [3.05, 3.63) is 0 Å². The van der Waals surface area contributed by atoms with E-state index in [4.69, 9.17) is 0 Å². The largest absolute Gasteiger partial charge is 0.468 e. The first kappa shape index (κ1) is 11.5. The van der Waals surface area contributed by atoms with Crippen molar-refractivity contribution >= 4 is 5.97 Å². The quantitative estimate of drug-likeness (QED) is 0.703. The summed E-state index contributed by atoms with van der Waals surface area (Å²) in [7, 11) is 1.44. The van der Waals surface area contributed by atoms with Crippen LogP contribution in [0.1, 0.15) is 39.5 Å². The van der Waals surface area contributed by atoms with Gasteiger partial charge in [-0.15, -0.1) is 0 Å². The lowest BCUT2D eigenvalue weighted by Gasteiger charge is -2.31. The Bertz CT molecular complexity index is 194. The summed E-state index contributed by atoms with van der Waals surface area (Å²) in [6, 6.07) is 0.309. The van der Waals surface area contributed by atoms with Gasteiger partial charge in [0, 0.05) is 6.04 Å². The monoisotopic (exact) mass is 199 g/mol. The molecule has 0 aromatic rings. The van der Waals surface area contributed by atoms with Gasteiger partial charge in [0.05, 0.1) is 7.11 Å². The highest BCUT2D eigenvalue weighted by Crippen LogP contribution is 2.23. The van der Waals surface area contributed by atoms with Gasteiger partial charge in [-0.2, -0.15) is 0 Å². The highest BCUT2D eigenvalue weighted by Gasteiger charge is 2.24. The number of hydrogen-bond acceptors (Lipinski definition) is 3. The van der Waals surface area contributed by atoms with Gasteiger partial charge in [0.15, 0.2) is 0 Å². The Morgan fingerprint density at radius 3 is 2.64 bits per heavy atom. The summed E-state index contributed by atoms with van der Waals surface area (Å²) in [6.45, 7) is 4.12. The Morgan fingerprint density at radius 2 is 2.07 bits per heavy atom. The zero-order chi connectivity index (χ0) is 10.6. The maximum Gasteiger partial charge on any atom is 0.322 e. The number of ether oxygens (including phenoxy) is 1. The van der Waals surface area contributed by atoms with Crippen LogP contribution >= 0.6 is 0 Å². The number of carbonyl (C=O) groups is 1. The van der Waals surface area contributed by atoms with E-state index in [0.717, 1.165) is 0 Å². The molecule has 3 nitrogen and oxygen atoms in total. The number of methoxy groups -OCH3 is 1. The summed E-state index contributed by atoms with van der Waals surface area (Å²) >= 11 is 0. The highest BCUT2D eigenvalue weighted by atomic mass is 16.5. The van der Waals surface area contributed by atoms with Crippen molar-refractivity contribution in [2.75, 3.05) is 7.11 Å². The molecule has 0 heterocycles. The van der Waals surface area contributed by atoms with E-state index < -0.39 is 0 Å². The number of esters is 1. The van der Waals surface area contributed by atoms with E-state index in [1.165, 1.54) is 32.8 Å². The van der Waals surface area contributed by atoms with Crippen LogP contribution in [0.4, 0.5) is 0 Å². The number of carbonyl (C=O) groups excluding carboxylic acids is 1. The molecule has 0 aromatic carbocycles. The summed E-state index contributed by atoms with van der Waals surface area (Å²) in [5.41, 5.74) is 0. The van der Waals surface area contributed by atoms with Gasteiger partial charge in [0.25, 0.3) is 0 Å². The van der Waals surface area contributed by atoms with Gasteiger partial charge >= 0.3 is 5.97 Å². The number of hydrogen-bond donors (Lipinski definition) is 1. The average Bonchev–Trinajstić information content (AvgIpc) is 2.20. The van der Waals surface area contributed by atoms with Crippen LogP contribution in [-0.4, -0.2) is 25.2 Å². The molecule has 0 aliphatic heterocycles. The first-order valence-corrected chi connectivity index (χ1v) is 5.49. The van der Waals surface area contributed by atoms with Crippen LogP contribution in [0.2, 0.25) is 0 Å². The van der Waals surface area contributed by atoms with Crippen molar-refractivity contribution in [3.63, 3.8) is 0 Å². The maximum absolute atomic E-state index is 11.2. The molecule has 82 valence electrons. The fraction of sp³-hybridized carbons (Fsp3) is 0.909. The summed E-state index contributed by atoms with van der Waals surface area (Å²) in [5.74, 6) is 0.513. The third kappa shape index (κ3) is 2.98. The van der Waals surface area contributed by atoms with Gasteiger partial charge in [-0.05, 0) is 25.7 Å². The van der Waals surface area contributed by atoms with Gasteiger partial charge in [-0.25, -0.2) is 0 Å². The molecule has 1 fully saturated rings. The van der Waals surface area contributed by atoms with Crippen molar-refractivity contribution in [2.24, 2.45) is 5.92 Å². The first-order chi connectivity index (χ1) is 6.65. The summed E-state index contributed by atoms with van der Waals surface area (Å²) < 4.78 is 4.69. The Kier molecular flexibility index (Phi) is 4.39. The Hall–Kier alpha value is -0.570. The summed E-state index contributed by atoms with van der Waals surface area (Å²) in [4.78, 5) is 11.2. The molecule has 1 aliphatic rings. The smallest absolute Gasteiger partial charge is 0.322 e. The van der Waals surface area contributed by atoms with Gasteiger partial charge < -0.3 is 10.1 Å². The van der Waals surface area contributed by atoms with E-state index in [0.29, 0.717) is 12.0 Å². The number of nitrogens with one attached hydrogen (secondary N) is 1. The van der Waals surface area contributed by atoms with Crippen LogP contribution < -0.4 is 5.32 Å². The minimum absolute atomic E-state index is 0.164.